The highest BCUT2D eigenvalue weighted by atomic mass is 16.1. The molecule has 18 heavy (non-hydrogen) atoms. The Morgan fingerprint density at radius 2 is 1.50 bits per heavy atom. The molecule has 1 heteroatoms. The molecule has 0 aliphatic heterocycles. The molecule has 0 atom stereocenters. The molecule has 2 rings (SSSR count). The number of hydrogen-bond donors (Lipinski definition) is 0. The van der Waals surface area contributed by atoms with Gasteiger partial charge in [0.25, 0.3) is 0 Å². The lowest BCUT2D eigenvalue weighted by Gasteiger charge is -2.04. The van der Waals surface area contributed by atoms with E-state index in [1.807, 2.05) is 66.7 Å². The molecule has 0 aliphatic rings. The van der Waals surface area contributed by atoms with Gasteiger partial charge in [0, 0.05) is 6.42 Å². The summed E-state index contributed by atoms with van der Waals surface area (Å²) in [6.45, 7) is 1.62. The van der Waals surface area contributed by atoms with Crippen molar-refractivity contribution in [3.63, 3.8) is 0 Å². The van der Waals surface area contributed by atoms with E-state index in [-0.39, 0.29) is 5.78 Å². The van der Waals surface area contributed by atoms with E-state index in [9.17, 15) is 4.79 Å². The summed E-state index contributed by atoms with van der Waals surface area (Å²) in [6, 6.07) is 20.0. The third-order valence-electron chi connectivity index (χ3n) is 2.83. The molecule has 1 nitrogen and oxygen atoms in total. The zero-order valence-corrected chi connectivity index (χ0v) is 10.5. The van der Waals surface area contributed by atoms with Crippen molar-refractivity contribution < 1.29 is 4.79 Å². The van der Waals surface area contributed by atoms with Gasteiger partial charge in [-0.25, -0.2) is 0 Å². The SMILES string of the molecule is CC(=O)/C(=C/c1ccccc1)Cc1ccccc1. The Kier molecular flexibility index (Phi) is 4.08. The van der Waals surface area contributed by atoms with Crippen molar-refractivity contribution in [2.45, 2.75) is 13.3 Å². The molecule has 90 valence electrons. The van der Waals surface area contributed by atoms with Crippen LogP contribution in [0.15, 0.2) is 66.2 Å². The van der Waals surface area contributed by atoms with Crippen molar-refractivity contribution >= 4 is 11.9 Å². The lowest BCUT2D eigenvalue weighted by Crippen LogP contribution is -2.00. The van der Waals surface area contributed by atoms with Crippen LogP contribution >= 0.6 is 0 Å². The maximum Gasteiger partial charge on any atom is 0.156 e. The first-order valence-corrected chi connectivity index (χ1v) is 6.06. The fraction of sp³-hybridized carbons (Fsp3) is 0.118. The first-order chi connectivity index (χ1) is 8.75. The van der Waals surface area contributed by atoms with E-state index in [2.05, 4.69) is 0 Å². The quantitative estimate of drug-likeness (QED) is 0.736. The fourth-order valence-corrected chi connectivity index (χ4v) is 1.84. The van der Waals surface area contributed by atoms with Gasteiger partial charge in [-0.3, -0.25) is 4.79 Å². The van der Waals surface area contributed by atoms with E-state index in [4.69, 9.17) is 0 Å². The molecular weight excluding hydrogens is 220 g/mol. The summed E-state index contributed by atoms with van der Waals surface area (Å²) < 4.78 is 0. The molecule has 0 N–H and O–H groups in total. The second-order valence-corrected chi connectivity index (χ2v) is 4.30. The number of carbonyl (C=O) groups excluding carboxylic acids is 1. The summed E-state index contributed by atoms with van der Waals surface area (Å²) >= 11 is 0. The fourth-order valence-electron chi connectivity index (χ4n) is 1.84. The highest BCUT2D eigenvalue weighted by Gasteiger charge is 2.05. The molecule has 0 amide bonds. The number of ketones is 1. The molecule has 2 aromatic carbocycles. The van der Waals surface area contributed by atoms with Gasteiger partial charge < -0.3 is 0 Å². The van der Waals surface area contributed by atoms with E-state index in [1.54, 1.807) is 6.92 Å². The van der Waals surface area contributed by atoms with Crippen molar-refractivity contribution in [3.05, 3.63) is 77.4 Å². The van der Waals surface area contributed by atoms with Crippen LogP contribution in [0.3, 0.4) is 0 Å². The molecule has 0 aliphatic carbocycles. The second-order valence-electron chi connectivity index (χ2n) is 4.30. The molecule has 0 fully saturated rings. The Labute approximate surface area is 108 Å². The average Bonchev–Trinajstić information content (AvgIpc) is 2.40. The van der Waals surface area contributed by atoms with Crippen LogP contribution in [0.4, 0.5) is 0 Å². The largest absolute Gasteiger partial charge is 0.295 e. The smallest absolute Gasteiger partial charge is 0.156 e. The maximum atomic E-state index is 11.7. The van der Waals surface area contributed by atoms with E-state index in [0.29, 0.717) is 6.42 Å². The first-order valence-electron chi connectivity index (χ1n) is 6.06. The second kappa shape index (κ2) is 5.97. The van der Waals surface area contributed by atoms with Gasteiger partial charge in [0.1, 0.15) is 0 Å². The van der Waals surface area contributed by atoms with Crippen molar-refractivity contribution in [2.75, 3.05) is 0 Å². The van der Waals surface area contributed by atoms with Crippen LogP contribution in [0, 0.1) is 0 Å². The molecule has 0 aromatic heterocycles. The van der Waals surface area contributed by atoms with Crippen LogP contribution in [0.25, 0.3) is 6.08 Å². The minimum absolute atomic E-state index is 0.128. The number of hydrogen-bond acceptors (Lipinski definition) is 1. The Hall–Kier alpha value is -2.15. The Morgan fingerprint density at radius 1 is 0.944 bits per heavy atom. The molecule has 0 radical (unpaired) electrons. The molecule has 0 saturated carbocycles. The standard InChI is InChI=1S/C17H16O/c1-14(18)17(12-15-8-4-2-5-9-15)13-16-10-6-3-7-11-16/h2-12H,13H2,1H3/b17-12+. The zero-order valence-electron chi connectivity index (χ0n) is 10.5. The Balaban J connectivity index is 2.25. The van der Waals surface area contributed by atoms with Crippen LogP contribution in [0.2, 0.25) is 0 Å². The van der Waals surface area contributed by atoms with Crippen LogP contribution in [-0.4, -0.2) is 5.78 Å². The van der Waals surface area contributed by atoms with Crippen molar-refractivity contribution in [2.24, 2.45) is 0 Å². The van der Waals surface area contributed by atoms with E-state index in [1.165, 1.54) is 0 Å². The minimum atomic E-state index is 0.128. The highest BCUT2D eigenvalue weighted by molar-refractivity contribution is 5.98. The molecule has 0 spiro atoms. The number of benzene rings is 2. The van der Waals surface area contributed by atoms with Crippen LogP contribution < -0.4 is 0 Å². The van der Waals surface area contributed by atoms with Crippen molar-refractivity contribution in [1.82, 2.24) is 0 Å². The van der Waals surface area contributed by atoms with Crippen LogP contribution in [-0.2, 0) is 11.2 Å². The minimum Gasteiger partial charge on any atom is -0.295 e. The Morgan fingerprint density at radius 3 is 2.06 bits per heavy atom. The predicted molar refractivity (Wildman–Crippen MR) is 75.2 cm³/mol. The van der Waals surface area contributed by atoms with Gasteiger partial charge in [0.2, 0.25) is 0 Å². The zero-order chi connectivity index (χ0) is 12.8. The molecule has 0 heterocycles. The number of rotatable bonds is 4. The van der Waals surface area contributed by atoms with E-state index in [0.717, 1.165) is 16.7 Å². The lowest BCUT2D eigenvalue weighted by molar-refractivity contribution is -0.113. The summed E-state index contributed by atoms with van der Waals surface area (Å²) in [7, 11) is 0. The number of allylic oxidation sites excluding steroid dienone is 1. The number of Topliss-reactive ketones (excluding diaryl/α,β-unsaturated/α-hetero) is 1. The van der Waals surface area contributed by atoms with Crippen molar-refractivity contribution in [1.29, 1.82) is 0 Å². The van der Waals surface area contributed by atoms with Gasteiger partial charge in [-0.05, 0) is 29.7 Å². The van der Waals surface area contributed by atoms with E-state index < -0.39 is 0 Å². The number of carbonyl (C=O) groups is 1. The molecular formula is C17H16O. The average molecular weight is 236 g/mol. The summed E-state index contributed by atoms with van der Waals surface area (Å²) in [5.41, 5.74) is 3.07. The van der Waals surface area contributed by atoms with Gasteiger partial charge in [0.15, 0.2) is 5.78 Å². The lowest BCUT2D eigenvalue weighted by atomic mass is 10.00. The summed E-state index contributed by atoms with van der Waals surface area (Å²) in [6.07, 6.45) is 2.65. The highest BCUT2D eigenvalue weighted by Crippen LogP contribution is 2.13. The first kappa shape index (κ1) is 12.3. The monoisotopic (exact) mass is 236 g/mol. The summed E-state index contributed by atoms with van der Waals surface area (Å²) in [5.74, 6) is 0.128. The molecule has 2 aromatic rings. The van der Waals surface area contributed by atoms with Gasteiger partial charge >= 0.3 is 0 Å². The van der Waals surface area contributed by atoms with Crippen LogP contribution in [0.5, 0.6) is 0 Å². The van der Waals surface area contributed by atoms with Gasteiger partial charge in [0.05, 0.1) is 0 Å². The third kappa shape index (κ3) is 3.42. The summed E-state index contributed by atoms with van der Waals surface area (Å²) in [5, 5.41) is 0. The molecule has 0 saturated heterocycles. The van der Waals surface area contributed by atoms with Gasteiger partial charge in [-0.2, -0.15) is 0 Å². The maximum absolute atomic E-state index is 11.7. The molecule has 0 unspecified atom stereocenters. The summed E-state index contributed by atoms with van der Waals surface area (Å²) in [4.78, 5) is 11.7. The van der Waals surface area contributed by atoms with Gasteiger partial charge in [-0.15, -0.1) is 0 Å². The van der Waals surface area contributed by atoms with Crippen molar-refractivity contribution in [3.8, 4) is 0 Å². The third-order valence-corrected chi connectivity index (χ3v) is 2.83. The van der Waals surface area contributed by atoms with Gasteiger partial charge in [-0.1, -0.05) is 60.7 Å². The molecule has 0 bridgehead atoms. The topological polar surface area (TPSA) is 17.1 Å². The van der Waals surface area contributed by atoms with Crippen LogP contribution in [0.1, 0.15) is 18.1 Å². The predicted octanol–water partition coefficient (Wildman–Crippen LogP) is 3.90. The Bertz CT molecular complexity index is 538. The van der Waals surface area contributed by atoms with E-state index >= 15 is 0 Å². The normalized spacial score (nSPS) is 11.3.